The maximum atomic E-state index is 13.2. The molecule has 8 heteroatoms. The van der Waals surface area contributed by atoms with Crippen molar-refractivity contribution in [1.82, 2.24) is 9.78 Å². The summed E-state index contributed by atoms with van der Waals surface area (Å²) in [5, 5.41) is 13.8. The first-order valence-electron chi connectivity index (χ1n) is 4.57. The van der Waals surface area contributed by atoms with E-state index in [0.29, 0.717) is 0 Å². The van der Waals surface area contributed by atoms with Gasteiger partial charge in [0.05, 0.1) is 15.8 Å². The molecule has 0 radical (unpaired) electrons. The van der Waals surface area contributed by atoms with Crippen LogP contribution < -0.4 is 0 Å². The van der Waals surface area contributed by atoms with Crippen LogP contribution >= 0.6 is 0 Å². The lowest BCUT2D eigenvalue weighted by atomic mass is 10.2. The topological polar surface area (TPSA) is 61.0 Å². The number of nitro groups is 1. The number of alkyl halides is 2. The summed E-state index contributed by atoms with van der Waals surface area (Å²) in [7, 11) is 0. The maximum absolute atomic E-state index is 13.2. The van der Waals surface area contributed by atoms with Crippen molar-refractivity contribution in [3.63, 3.8) is 0 Å². The fraction of sp³-hybridized carbons (Fsp3) is 0.222. The van der Waals surface area contributed by atoms with E-state index in [1.807, 2.05) is 0 Å². The number of benzene rings is 1. The first-order valence-corrected chi connectivity index (χ1v) is 4.57. The summed E-state index contributed by atoms with van der Waals surface area (Å²) in [4.78, 5) is 9.84. The van der Waals surface area contributed by atoms with E-state index < -0.39 is 23.8 Å². The second-order valence-electron chi connectivity index (χ2n) is 3.32. The number of non-ortho nitro benzene ring substituents is 1. The fourth-order valence-corrected chi connectivity index (χ4v) is 1.51. The molecule has 5 nitrogen and oxygen atoms in total. The number of aromatic nitrogens is 2. The first kappa shape index (κ1) is 11.4. The Labute approximate surface area is 92.6 Å². The van der Waals surface area contributed by atoms with Crippen LogP contribution in [0.3, 0.4) is 0 Å². The molecular weight excluding hydrogens is 239 g/mol. The van der Waals surface area contributed by atoms with E-state index in [2.05, 4.69) is 5.10 Å². The molecule has 0 N–H and O–H groups in total. The smallest absolute Gasteiger partial charge is 0.258 e. The zero-order chi connectivity index (χ0) is 12.6. The Bertz CT molecular complexity index is 582. The van der Waals surface area contributed by atoms with Gasteiger partial charge >= 0.3 is 0 Å². The zero-order valence-electron chi connectivity index (χ0n) is 8.31. The molecule has 17 heavy (non-hydrogen) atoms. The summed E-state index contributed by atoms with van der Waals surface area (Å²) in [6.07, 6.45) is -2.71. The maximum Gasteiger partial charge on any atom is 0.271 e. The first-order chi connectivity index (χ1) is 7.99. The lowest BCUT2D eigenvalue weighted by Crippen LogP contribution is -2.08. The number of nitro benzene ring substituents is 1. The number of rotatable bonds is 3. The van der Waals surface area contributed by atoms with E-state index in [1.54, 1.807) is 0 Å². The molecule has 0 aliphatic carbocycles. The monoisotopic (exact) mass is 245 g/mol. The number of nitrogens with zero attached hydrogens (tertiary/aromatic N) is 3. The van der Waals surface area contributed by atoms with Crippen LogP contribution in [-0.4, -0.2) is 21.1 Å². The molecule has 0 amide bonds. The van der Waals surface area contributed by atoms with Gasteiger partial charge in [0.1, 0.15) is 6.54 Å². The second-order valence-corrected chi connectivity index (χ2v) is 3.32. The number of halogens is 3. The second kappa shape index (κ2) is 4.04. The van der Waals surface area contributed by atoms with Gasteiger partial charge in [0.25, 0.3) is 12.1 Å². The Morgan fingerprint density at radius 1 is 1.47 bits per heavy atom. The normalized spacial score (nSPS) is 11.3. The van der Waals surface area contributed by atoms with Crippen molar-refractivity contribution < 1.29 is 18.1 Å². The number of hydrogen-bond donors (Lipinski definition) is 0. The molecule has 0 atom stereocenters. The molecule has 0 bridgehead atoms. The van der Waals surface area contributed by atoms with Crippen LogP contribution in [0.25, 0.3) is 10.9 Å². The van der Waals surface area contributed by atoms with Crippen LogP contribution in [0.2, 0.25) is 0 Å². The van der Waals surface area contributed by atoms with Crippen LogP contribution in [0.1, 0.15) is 0 Å². The fourth-order valence-electron chi connectivity index (χ4n) is 1.51. The van der Waals surface area contributed by atoms with E-state index in [9.17, 15) is 23.3 Å². The molecule has 1 aromatic carbocycles. The van der Waals surface area contributed by atoms with Crippen molar-refractivity contribution in [2.24, 2.45) is 0 Å². The highest BCUT2D eigenvalue weighted by atomic mass is 19.3. The molecule has 0 saturated carbocycles. The number of hydrogen-bond acceptors (Lipinski definition) is 3. The van der Waals surface area contributed by atoms with Gasteiger partial charge in [0.15, 0.2) is 0 Å². The molecule has 90 valence electrons. The van der Waals surface area contributed by atoms with Crippen molar-refractivity contribution >= 4 is 16.6 Å². The average molecular weight is 245 g/mol. The lowest BCUT2D eigenvalue weighted by Gasteiger charge is -2.01. The Kier molecular flexibility index (Phi) is 2.70. The minimum absolute atomic E-state index is 0.0167. The summed E-state index contributed by atoms with van der Waals surface area (Å²) in [6.45, 7) is -0.804. The third kappa shape index (κ3) is 2.05. The van der Waals surface area contributed by atoms with Crippen molar-refractivity contribution in [3.05, 3.63) is 34.3 Å². The van der Waals surface area contributed by atoms with Crippen LogP contribution in [0, 0.1) is 16.1 Å². The van der Waals surface area contributed by atoms with Gasteiger partial charge in [-0.2, -0.15) is 4.39 Å². The Balaban J connectivity index is 2.60. The summed E-state index contributed by atoms with van der Waals surface area (Å²) in [5.74, 6) is -0.921. The summed E-state index contributed by atoms with van der Waals surface area (Å²) in [6, 6.07) is 3.27. The van der Waals surface area contributed by atoms with E-state index in [4.69, 9.17) is 0 Å². The Hall–Kier alpha value is -2.12. The highest BCUT2D eigenvalue weighted by Gasteiger charge is 2.16. The molecule has 1 aromatic heterocycles. The van der Waals surface area contributed by atoms with Gasteiger partial charge in [-0.05, 0) is 6.07 Å². The average Bonchev–Trinajstić information content (AvgIpc) is 2.54. The van der Waals surface area contributed by atoms with Crippen LogP contribution in [0.4, 0.5) is 18.9 Å². The van der Waals surface area contributed by atoms with Gasteiger partial charge in [-0.15, -0.1) is 5.10 Å². The van der Waals surface area contributed by atoms with Gasteiger partial charge in [0, 0.05) is 12.1 Å². The third-order valence-corrected chi connectivity index (χ3v) is 2.21. The highest BCUT2D eigenvalue weighted by molar-refractivity contribution is 5.81. The van der Waals surface area contributed by atoms with E-state index >= 15 is 0 Å². The van der Waals surface area contributed by atoms with Crippen molar-refractivity contribution in [2.75, 3.05) is 0 Å². The van der Waals surface area contributed by atoms with Gasteiger partial charge in [-0.3, -0.25) is 14.8 Å². The molecule has 2 rings (SSSR count). The van der Waals surface area contributed by atoms with E-state index in [0.717, 1.165) is 22.9 Å². The molecule has 0 aliphatic rings. The molecule has 2 aromatic rings. The molecule has 0 fully saturated rings. The predicted molar refractivity (Wildman–Crippen MR) is 52.3 cm³/mol. The Morgan fingerprint density at radius 2 is 2.18 bits per heavy atom. The van der Waals surface area contributed by atoms with Gasteiger partial charge in [-0.25, -0.2) is 8.78 Å². The lowest BCUT2D eigenvalue weighted by molar-refractivity contribution is -0.384. The zero-order valence-corrected chi connectivity index (χ0v) is 8.31. The van der Waals surface area contributed by atoms with Gasteiger partial charge in [0.2, 0.25) is 5.95 Å². The predicted octanol–water partition coefficient (Wildman–Crippen LogP) is 2.35. The summed E-state index contributed by atoms with van der Waals surface area (Å²) in [5.41, 5.74) is -0.315. The largest absolute Gasteiger partial charge is 0.271 e. The van der Waals surface area contributed by atoms with Crippen LogP contribution in [-0.2, 0) is 6.54 Å². The minimum Gasteiger partial charge on any atom is -0.258 e. The highest BCUT2D eigenvalue weighted by Crippen LogP contribution is 2.23. The molecule has 0 aliphatic heterocycles. The third-order valence-electron chi connectivity index (χ3n) is 2.21. The minimum atomic E-state index is -2.71. The molecule has 0 unspecified atom stereocenters. The van der Waals surface area contributed by atoms with E-state index in [1.165, 1.54) is 0 Å². The van der Waals surface area contributed by atoms with Gasteiger partial charge in [-0.1, -0.05) is 0 Å². The van der Waals surface area contributed by atoms with Crippen molar-refractivity contribution in [1.29, 1.82) is 0 Å². The quantitative estimate of drug-likeness (QED) is 0.616. The molecule has 0 spiro atoms. The van der Waals surface area contributed by atoms with Gasteiger partial charge < -0.3 is 0 Å². The van der Waals surface area contributed by atoms with Crippen molar-refractivity contribution in [2.45, 2.75) is 13.0 Å². The van der Waals surface area contributed by atoms with Crippen LogP contribution in [0.15, 0.2) is 18.2 Å². The standard InChI is InChI=1S/C9H6F3N3O2/c10-8(11)4-14-7-3-5(15(16)17)1-2-6(7)9(12)13-14/h1-3,8H,4H2. The van der Waals surface area contributed by atoms with Crippen molar-refractivity contribution in [3.8, 4) is 0 Å². The Morgan fingerprint density at radius 3 is 2.76 bits per heavy atom. The molecule has 1 heterocycles. The number of fused-ring (bicyclic) bond motifs is 1. The SMILES string of the molecule is O=[N+]([O-])c1ccc2c(F)nn(CC(F)F)c2c1. The summed E-state index contributed by atoms with van der Waals surface area (Å²) >= 11 is 0. The molecular formula is C9H6F3N3O2. The summed E-state index contributed by atoms with van der Waals surface area (Å²) < 4.78 is 38.4. The molecule has 0 saturated heterocycles. The van der Waals surface area contributed by atoms with Crippen LogP contribution in [0.5, 0.6) is 0 Å². The van der Waals surface area contributed by atoms with E-state index in [-0.39, 0.29) is 16.6 Å².